The topological polar surface area (TPSA) is 64.9 Å². The van der Waals surface area contributed by atoms with Gasteiger partial charge in [0.2, 0.25) is 0 Å². The van der Waals surface area contributed by atoms with Crippen LogP contribution in [0.1, 0.15) is 5.56 Å². The molecule has 0 spiro atoms. The fourth-order valence-corrected chi connectivity index (χ4v) is 4.39. The summed E-state index contributed by atoms with van der Waals surface area (Å²) in [6, 6.07) is 13.5. The first kappa shape index (κ1) is 21.9. The lowest BCUT2D eigenvalue weighted by molar-refractivity contribution is -0.274. The molecule has 0 saturated heterocycles. The van der Waals surface area contributed by atoms with E-state index in [2.05, 4.69) is 25.0 Å². The van der Waals surface area contributed by atoms with Gasteiger partial charge in [0, 0.05) is 41.6 Å². The lowest BCUT2D eigenvalue weighted by Crippen LogP contribution is -2.17. The number of thiazole rings is 1. The fourth-order valence-electron chi connectivity index (χ4n) is 3.66. The number of fused-ring (bicyclic) bond motifs is 1. The Labute approximate surface area is 196 Å². The van der Waals surface area contributed by atoms with Crippen LogP contribution >= 0.6 is 11.3 Å². The lowest BCUT2D eigenvalue weighted by atomic mass is 10.2. The van der Waals surface area contributed by atoms with Gasteiger partial charge in [-0.15, -0.1) is 24.5 Å². The van der Waals surface area contributed by atoms with Crippen LogP contribution in [0.5, 0.6) is 5.75 Å². The molecular formula is C24H18F3N5OS. The molecule has 1 N–H and O–H groups in total. The Bertz CT molecular complexity index is 1480. The van der Waals surface area contributed by atoms with Crippen molar-refractivity contribution in [1.82, 2.24) is 19.5 Å². The number of alkyl halides is 3. The molecule has 3 heterocycles. The first-order chi connectivity index (χ1) is 16.3. The maximum absolute atomic E-state index is 12.6. The lowest BCUT2D eigenvalue weighted by Gasteiger charge is -2.10. The minimum absolute atomic E-state index is 0.288. The molecule has 0 aliphatic carbocycles. The number of aryl methyl sites for hydroxylation is 2. The van der Waals surface area contributed by atoms with Crippen molar-refractivity contribution in [3.8, 4) is 28.4 Å². The molecule has 0 unspecified atom stereocenters. The van der Waals surface area contributed by atoms with E-state index < -0.39 is 6.36 Å². The number of ether oxygens (including phenoxy) is 1. The zero-order valence-corrected chi connectivity index (χ0v) is 18.9. The van der Waals surface area contributed by atoms with Gasteiger partial charge in [-0.05, 0) is 48.9 Å². The van der Waals surface area contributed by atoms with Crippen molar-refractivity contribution in [2.24, 2.45) is 7.05 Å². The number of halogens is 3. The van der Waals surface area contributed by atoms with Crippen LogP contribution in [0.15, 0.2) is 66.3 Å². The zero-order valence-electron chi connectivity index (χ0n) is 18.1. The molecule has 0 aliphatic rings. The predicted octanol–water partition coefficient (Wildman–Crippen LogP) is 6.71. The Balaban J connectivity index is 1.47. The van der Waals surface area contributed by atoms with Gasteiger partial charge in [-0.1, -0.05) is 12.1 Å². The molecule has 5 aromatic rings. The Morgan fingerprint density at radius 2 is 1.85 bits per heavy atom. The second-order valence-electron chi connectivity index (χ2n) is 7.63. The Kier molecular flexibility index (Phi) is 5.45. The van der Waals surface area contributed by atoms with Crippen molar-refractivity contribution in [2.45, 2.75) is 13.3 Å². The van der Waals surface area contributed by atoms with Gasteiger partial charge < -0.3 is 14.6 Å². The molecular weight excluding hydrogens is 463 g/mol. The number of nitrogens with zero attached hydrogens (tertiary/aromatic N) is 4. The van der Waals surface area contributed by atoms with Crippen molar-refractivity contribution in [2.75, 3.05) is 5.32 Å². The average molecular weight is 482 g/mol. The Morgan fingerprint density at radius 1 is 1.03 bits per heavy atom. The maximum atomic E-state index is 12.6. The third-order valence-electron chi connectivity index (χ3n) is 5.26. The summed E-state index contributed by atoms with van der Waals surface area (Å²) >= 11 is 1.49. The van der Waals surface area contributed by atoms with Crippen LogP contribution in [-0.4, -0.2) is 25.9 Å². The number of rotatable bonds is 5. The van der Waals surface area contributed by atoms with E-state index in [1.165, 1.54) is 29.5 Å². The van der Waals surface area contributed by atoms with Gasteiger partial charge in [-0.3, -0.25) is 4.98 Å². The molecule has 0 fully saturated rings. The highest BCUT2D eigenvalue weighted by atomic mass is 32.1. The monoisotopic (exact) mass is 481 g/mol. The summed E-state index contributed by atoms with van der Waals surface area (Å²) in [5, 5.41) is 6.07. The van der Waals surface area contributed by atoms with Crippen molar-refractivity contribution >= 4 is 33.2 Å². The first-order valence-corrected chi connectivity index (χ1v) is 11.1. The van der Waals surface area contributed by atoms with Gasteiger partial charge in [-0.2, -0.15) is 0 Å². The van der Waals surface area contributed by atoms with Crippen LogP contribution < -0.4 is 10.1 Å². The summed E-state index contributed by atoms with van der Waals surface area (Å²) in [5.74, 6) is 0.246. The number of hydrogen-bond acceptors (Lipinski definition) is 6. The fraction of sp³-hybridized carbons (Fsp3) is 0.125. The third kappa shape index (κ3) is 4.44. The summed E-state index contributed by atoms with van der Waals surface area (Å²) < 4.78 is 43.8. The van der Waals surface area contributed by atoms with Crippen LogP contribution in [-0.2, 0) is 7.05 Å². The summed E-state index contributed by atoms with van der Waals surface area (Å²) in [6.07, 6.45) is -1.27. The molecule has 3 aromatic heterocycles. The van der Waals surface area contributed by atoms with Crippen LogP contribution in [0.2, 0.25) is 0 Å². The second-order valence-corrected chi connectivity index (χ2v) is 8.49. The molecule has 0 radical (unpaired) electrons. The van der Waals surface area contributed by atoms with E-state index in [0.717, 1.165) is 38.7 Å². The summed E-state index contributed by atoms with van der Waals surface area (Å²) in [4.78, 5) is 13.4. The van der Waals surface area contributed by atoms with Crippen molar-refractivity contribution in [3.63, 3.8) is 0 Å². The molecule has 6 nitrogen and oxygen atoms in total. The Hall–Kier alpha value is -3.92. The number of benzene rings is 2. The van der Waals surface area contributed by atoms with Crippen LogP contribution in [0.3, 0.4) is 0 Å². The van der Waals surface area contributed by atoms with Crippen LogP contribution in [0.4, 0.5) is 24.0 Å². The van der Waals surface area contributed by atoms with E-state index >= 15 is 0 Å². The zero-order chi connectivity index (χ0) is 23.9. The summed E-state index contributed by atoms with van der Waals surface area (Å²) in [7, 11) is 1.82. The molecule has 0 atom stereocenters. The highest BCUT2D eigenvalue weighted by Crippen LogP contribution is 2.33. The molecule has 0 bridgehead atoms. The summed E-state index contributed by atoms with van der Waals surface area (Å²) in [5.41, 5.74) is 5.68. The molecule has 10 heteroatoms. The number of aromatic nitrogens is 4. The number of imidazole rings is 1. The largest absolute Gasteiger partial charge is 0.573 e. The maximum Gasteiger partial charge on any atom is 0.573 e. The smallest absolute Gasteiger partial charge is 0.406 e. The van der Waals surface area contributed by atoms with E-state index in [9.17, 15) is 13.2 Å². The average Bonchev–Trinajstić information content (AvgIpc) is 3.39. The van der Waals surface area contributed by atoms with E-state index in [1.807, 2.05) is 48.2 Å². The SMILES string of the molecule is Cc1cc2nc(-c3cccc(OC(F)(F)F)c3)n(C)c2cc1Nc1nc(-c2cccnc2)cs1. The predicted molar refractivity (Wildman–Crippen MR) is 126 cm³/mol. The van der Waals surface area contributed by atoms with Gasteiger partial charge in [0.05, 0.1) is 16.7 Å². The number of pyridine rings is 1. The molecule has 2 aromatic carbocycles. The summed E-state index contributed by atoms with van der Waals surface area (Å²) in [6.45, 7) is 1.96. The second kappa shape index (κ2) is 8.45. The van der Waals surface area contributed by atoms with Gasteiger partial charge in [0.25, 0.3) is 0 Å². The standard InChI is InChI=1S/C24H18F3N5OS/c1-14-9-19-21(11-18(14)30-23-31-20(13-34-23)16-6-4-8-28-12-16)32(2)22(29-19)15-5-3-7-17(10-15)33-24(25,26)27/h3-13H,1-2H3,(H,30,31). The number of anilines is 2. The molecule has 5 rings (SSSR count). The highest BCUT2D eigenvalue weighted by molar-refractivity contribution is 7.14. The van der Waals surface area contributed by atoms with E-state index in [0.29, 0.717) is 11.4 Å². The van der Waals surface area contributed by atoms with E-state index in [4.69, 9.17) is 0 Å². The molecule has 172 valence electrons. The quantitative estimate of drug-likeness (QED) is 0.302. The van der Waals surface area contributed by atoms with Crippen molar-refractivity contribution in [3.05, 3.63) is 71.9 Å². The van der Waals surface area contributed by atoms with E-state index in [1.54, 1.807) is 18.5 Å². The third-order valence-corrected chi connectivity index (χ3v) is 6.01. The number of hydrogen-bond donors (Lipinski definition) is 1. The van der Waals surface area contributed by atoms with Gasteiger partial charge in [0.1, 0.15) is 11.6 Å². The molecule has 0 saturated carbocycles. The highest BCUT2D eigenvalue weighted by Gasteiger charge is 2.31. The normalized spacial score (nSPS) is 11.7. The first-order valence-electron chi connectivity index (χ1n) is 10.2. The van der Waals surface area contributed by atoms with E-state index in [-0.39, 0.29) is 5.75 Å². The van der Waals surface area contributed by atoms with Gasteiger partial charge >= 0.3 is 6.36 Å². The minimum Gasteiger partial charge on any atom is -0.406 e. The van der Waals surface area contributed by atoms with Gasteiger partial charge in [0.15, 0.2) is 5.13 Å². The van der Waals surface area contributed by atoms with Crippen LogP contribution in [0.25, 0.3) is 33.7 Å². The Morgan fingerprint density at radius 3 is 2.62 bits per heavy atom. The van der Waals surface area contributed by atoms with Crippen molar-refractivity contribution in [1.29, 1.82) is 0 Å². The molecule has 34 heavy (non-hydrogen) atoms. The number of nitrogens with one attached hydrogen (secondary N) is 1. The van der Waals surface area contributed by atoms with Gasteiger partial charge in [-0.25, -0.2) is 9.97 Å². The van der Waals surface area contributed by atoms with Crippen molar-refractivity contribution < 1.29 is 17.9 Å². The molecule has 0 amide bonds. The van der Waals surface area contributed by atoms with Crippen LogP contribution in [0, 0.1) is 6.92 Å². The molecule has 0 aliphatic heterocycles. The minimum atomic E-state index is -4.75.